The van der Waals surface area contributed by atoms with Crippen molar-refractivity contribution in [2.45, 2.75) is 38.5 Å². The molecule has 1 aliphatic rings. The van der Waals surface area contributed by atoms with Crippen molar-refractivity contribution in [3.8, 4) is 0 Å². The van der Waals surface area contributed by atoms with Gasteiger partial charge in [0.05, 0.1) is 12.7 Å². The van der Waals surface area contributed by atoms with Crippen LogP contribution in [-0.4, -0.2) is 27.4 Å². The van der Waals surface area contributed by atoms with E-state index in [1.54, 1.807) is 6.20 Å². The Morgan fingerprint density at radius 2 is 2.41 bits per heavy atom. The first kappa shape index (κ1) is 12.5. The summed E-state index contributed by atoms with van der Waals surface area (Å²) in [6.07, 6.45) is 3.57. The number of aliphatic hydroxyl groups is 1. The van der Waals surface area contributed by atoms with Gasteiger partial charge in [-0.1, -0.05) is 19.1 Å². The Morgan fingerprint density at radius 1 is 1.65 bits per heavy atom. The van der Waals surface area contributed by atoms with Crippen LogP contribution in [0.25, 0.3) is 0 Å². The molecule has 6 heteroatoms. The van der Waals surface area contributed by atoms with Crippen molar-refractivity contribution in [1.82, 2.24) is 9.55 Å². The highest BCUT2D eigenvalue weighted by molar-refractivity contribution is 7.71. The van der Waals surface area contributed by atoms with Crippen molar-refractivity contribution < 1.29 is 9.84 Å². The average molecular weight is 256 g/mol. The lowest BCUT2D eigenvalue weighted by Crippen LogP contribution is -2.28. The number of hydrogen-bond acceptors (Lipinski definition) is 4. The summed E-state index contributed by atoms with van der Waals surface area (Å²) < 4.78 is 7.60. The van der Waals surface area contributed by atoms with Gasteiger partial charge < -0.3 is 9.84 Å². The summed E-state index contributed by atoms with van der Waals surface area (Å²) in [5.41, 5.74) is 0.673. The number of H-pyrrole nitrogens is 1. The highest BCUT2D eigenvalue weighted by atomic mass is 32.1. The fourth-order valence-corrected chi connectivity index (χ4v) is 2.30. The van der Waals surface area contributed by atoms with E-state index in [-0.39, 0.29) is 24.6 Å². The van der Waals surface area contributed by atoms with Crippen LogP contribution >= 0.6 is 12.2 Å². The summed E-state index contributed by atoms with van der Waals surface area (Å²) in [4.78, 5) is 14.4. The maximum Gasteiger partial charge on any atom is 0.328 e. The van der Waals surface area contributed by atoms with E-state index in [1.165, 1.54) is 4.57 Å². The van der Waals surface area contributed by atoms with Crippen molar-refractivity contribution in [3.63, 3.8) is 0 Å². The second-order valence-electron chi connectivity index (χ2n) is 4.15. The molecule has 17 heavy (non-hydrogen) atoms. The van der Waals surface area contributed by atoms with Crippen LogP contribution in [0, 0.1) is 4.64 Å². The number of hydrogen-bond donors (Lipinski definition) is 2. The van der Waals surface area contributed by atoms with E-state index in [4.69, 9.17) is 22.1 Å². The number of rotatable bonds is 3. The van der Waals surface area contributed by atoms with E-state index in [0.717, 1.165) is 24.8 Å². The van der Waals surface area contributed by atoms with Gasteiger partial charge in [-0.25, -0.2) is 4.79 Å². The van der Waals surface area contributed by atoms with Crippen molar-refractivity contribution in [2.75, 3.05) is 6.61 Å². The molecule has 1 aromatic heterocycles. The second kappa shape index (κ2) is 5.12. The Labute approximate surface area is 104 Å². The lowest BCUT2D eigenvalue weighted by Gasteiger charge is -2.15. The van der Waals surface area contributed by atoms with E-state index in [0.29, 0.717) is 4.64 Å². The van der Waals surface area contributed by atoms with Crippen molar-refractivity contribution in [3.05, 3.63) is 26.9 Å². The summed E-state index contributed by atoms with van der Waals surface area (Å²) in [6, 6.07) is 0. The highest BCUT2D eigenvalue weighted by Gasteiger charge is 2.26. The molecule has 5 nitrogen and oxygen atoms in total. The number of aromatic nitrogens is 2. The standard InChI is InChI=1S/C11H16N2O3S/c1-2-7-5-13(11(15)12-10(7)17)9-4-3-8(6-14)16-9/h5,8-9,14H,2-4,6H2,1H3,(H,12,15,17). The molecule has 0 spiro atoms. The Morgan fingerprint density at radius 3 is 3.00 bits per heavy atom. The Kier molecular flexibility index (Phi) is 3.76. The van der Waals surface area contributed by atoms with Crippen LogP contribution in [0.15, 0.2) is 11.0 Å². The maximum atomic E-state index is 11.8. The number of nitrogens with one attached hydrogen (secondary N) is 1. The van der Waals surface area contributed by atoms with Crippen molar-refractivity contribution in [2.24, 2.45) is 0 Å². The molecule has 2 N–H and O–H groups in total. The zero-order valence-corrected chi connectivity index (χ0v) is 10.5. The van der Waals surface area contributed by atoms with Gasteiger partial charge in [0.2, 0.25) is 0 Å². The SMILES string of the molecule is CCc1cn(C2CCC(CO)O2)c(=O)[nH]c1=S. The monoisotopic (exact) mass is 256 g/mol. The zero-order chi connectivity index (χ0) is 12.4. The largest absolute Gasteiger partial charge is 0.394 e. The molecular formula is C11H16N2O3S. The molecule has 0 radical (unpaired) electrons. The van der Waals surface area contributed by atoms with E-state index in [9.17, 15) is 4.79 Å². The van der Waals surface area contributed by atoms with Gasteiger partial charge >= 0.3 is 5.69 Å². The third-order valence-electron chi connectivity index (χ3n) is 3.02. The first-order valence-corrected chi connectivity index (χ1v) is 6.17. The summed E-state index contributed by atoms with van der Waals surface area (Å²) in [5, 5.41) is 9.01. The molecular weight excluding hydrogens is 240 g/mol. The number of aromatic amines is 1. The fraction of sp³-hybridized carbons (Fsp3) is 0.636. The summed E-state index contributed by atoms with van der Waals surface area (Å²) >= 11 is 5.07. The van der Waals surface area contributed by atoms with Gasteiger partial charge in [0, 0.05) is 11.8 Å². The number of aliphatic hydroxyl groups excluding tert-OH is 1. The molecule has 0 amide bonds. The predicted molar refractivity (Wildman–Crippen MR) is 65.5 cm³/mol. The van der Waals surface area contributed by atoms with E-state index in [1.807, 2.05) is 6.92 Å². The lowest BCUT2D eigenvalue weighted by atomic mass is 10.2. The molecule has 1 aliphatic heterocycles. The number of aryl methyl sites for hydroxylation is 1. The fourth-order valence-electron chi connectivity index (χ4n) is 2.02. The van der Waals surface area contributed by atoms with Gasteiger partial charge in [0.15, 0.2) is 0 Å². The van der Waals surface area contributed by atoms with Crippen LogP contribution in [0.2, 0.25) is 0 Å². The number of nitrogens with zero attached hydrogens (tertiary/aromatic N) is 1. The van der Waals surface area contributed by atoms with Gasteiger partial charge in [-0.05, 0) is 19.3 Å². The van der Waals surface area contributed by atoms with Crippen molar-refractivity contribution in [1.29, 1.82) is 0 Å². The summed E-state index contributed by atoms with van der Waals surface area (Å²) in [7, 11) is 0. The molecule has 0 saturated carbocycles. The predicted octanol–water partition coefficient (Wildman–Crippen LogP) is 1.14. The lowest BCUT2D eigenvalue weighted by molar-refractivity contribution is -0.0247. The Balaban J connectivity index is 2.33. The number of ether oxygens (including phenoxy) is 1. The van der Waals surface area contributed by atoms with Crippen LogP contribution in [-0.2, 0) is 11.2 Å². The van der Waals surface area contributed by atoms with Gasteiger partial charge in [0.25, 0.3) is 0 Å². The van der Waals surface area contributed by atoms with Crippen LogP contribution in [0.1, 0.15) is 31.6 Å². The van der Waals surface area contributed by atoms with E-state index >= 15 is 0 Å². The van der Waals surface area contributed by atoms with Crippen LogP contribution in [0.4, 0.5) is 0 Å². The van der Waals surface area contributed by atoms with Gasteiger partial charge in [-0.3, -0.25) is 9.55 Å². The highest BCUT2D eigenvalue weighted by Crippen LogP contribution is 2.26. The Hall–Kier alpha value is -0.980. The van der Waals surface area contributed by atoms with E-state index in [2.05, 4.69) is 4.98 Å². The minimum Gasteiger partial charge on any atom is -0.394 e. The summed E-state index contributed by atoms with van der Waals surface area (Å²) in [6.45, 7) is 1.98. The molecule has 0 bridgehead atoms. The molecule has 2 heterocycles. The summed E-state index contributed by atoms with van der Waals surface area (Å²) in [5.74, 6) is 0. The minimum absolute atomic E-state index is 0.00524. The molecule has 1 fully saturated rings. The smallest absolute Gasteiger partial charge is 0.328 e. The molecule has 2 atom stereocenters. The van der Waals surface area contributed by atoms with Gasteiger partial charge in [0.1, 0.15) is 10.9 Å². The first-order valence-electron chi connectivity index (χ1n) is 5.76. The van der Waals surface area contributed by atoms with Crippen molar-refractivity contribution >= 4 is 12.2 Å². The minimum atomic E-state index is -0.295. The molecule has 2 rings (SSSR count). The molecule has 1 saturated heterocycles. The van der Waals surface area contributed by atoms with Gasteiger partial charge in [-0.15, -0.1) is 0 Å². The molecule has 94 valence electrons. The third-order valence-corrected chi connectivity index (χ3v) is 3.39. The Bertz CT molecular complexity index is 508. The van der Waals surface area contributed by atoms with Crippen LogP contribution in [0.5, 0.6) is 0 Å². The topological polar surface area (TPSA) is 67.2 Å². The average Bonchev–Trinajstić information content (AvgIpc) is 2.78. The molecule has 0 aromatic carbocycles. The third kappa shape index (κ3) is 2.48. The maximum absolute atomic E-state index is 11.8. The first-order chi connectivity index (χ1) is 8.15. The quantitative estimate of drug-likeness (QED) is 0.796. The molecule has 1 aromatic rings. The van der Waals surface area contributed by atoms with Gasteiger partial charge in [-0.2, -0.15) is 0 Å². The zero-order valence-electron chi connectivity index (χ0n) is 9.68. The second-order valence-corrected chi connectivity index (χ2v) is 4.56. The van der Waals surface area contributed by atoms with E-state index < -0.39 is 0 Å². The van der Waals surface area contributed by atoms with Crippen LogP contribution in [0.3, 0.4) is 0 Å². The molecule has 0 aliphatic carbocycles. The molecule has 2 unspecified atom stereocenters. The normalized spacial score (nSPS) is 24.1. The van der Waals surface area contributed by atoms with Crippen LogP contribution < -0.4 is 5.69 Å².